The van der Waals surface area contributed by atoms with Crippen molar-refractivity contribution in [3.63, 3.8) is 0 Å². The van der Waals surface area contributed by atoms with Crippen molar-refractivity contribution in [1.82, 2.24) is 9.55 Å². The van der Waals surface area contributed by atoms with Gasteiger partial charge in [0.2, 0.25) is 0 Å². The number of para-hydroxylation sites is 1. The van der Waals surface area contributed by atoms with Gasteiger partial charge in [0, 0.05) is 0 Å². The number of fused-ring (bicyclic) bond motifs is 1. The first-order chi connectivity index (χ1) is 10.4. The zero-order valence-electron chi connectivity index (χ0n) is 11.5. The Balaban J connectivity index is 1.77. The molecule has 0 radical (unpaired) electrons. The molecule has 2 aromatic rings. The summed E-state index contributed by atoms with van der Waals surface area (Å²) in [5.41, 5.74) is 0.412. The Morgan fingerprint density at radius 2 is 2.14 bits per heavy atom. The van der Waals surface area contributed by atoms with Gasteiger partial charge in [0.25, 0.3) is 5.56 Å². The molecule has 3 rings (SSSR count). The first-order valence-corrected chi connectivity index (χ1v) is 8.28. The molecule has 22 heavy (non-hydrogen) atoms. The highest BCUT2D eigenvalue weighted by Gasteiger charge is 2.29. The predicted octanol–water partition coefficient (Wildman–Crippen LogP) is 1.18. The van der Waals surface area contributed by atoms with Crippen LogP contribution in [0.4, 0.5) is 0 Å². The Bertz CT molecular complexity index is 785. The van der Waals surface area contributed by atoms with Crippen LogP contribution in [-0.4, -0.2) is 32.0 Å². The van der Waals surface area contributed by atoms with Crippen LogP contribution < -0.4 is 5.56 Å². The number of hydrogen-bond donors (Lipinski definition) is 2. The minimum Gasteiger partial charge on any atom is -0.352 e. The summed E-state index contributed by atoms with van der Waals surface area (Å²) in [5.74, 6) is 0. The highest BCUT2D eigenvalue weighted by Crippen LogP contribution is 2.37. The van der Waals surface area contributed by atoms with Gasteiger partial charge in [-0.15, -0.1) is 0 Å². The number of benzene rings is 1. The summed E-state index contributed by atoms with van der Waals surface area (Å²) in [6.45, 7) is -0.212. The van der Waals surface area contributed by atoms with E-state index in [1.54, 1.807) is 24.3 Å². The molecule has 1 fully saturated rings. The fourth-order valence-electron chi connectivity index (χ4n) is 2.48. The van der Waals surface area contributed by atoms with Crippen LogP contribution in [0.3, 0.4) is 0 Å². The van der Waals surface area contributed by atoms with Gasteiger partial charge in [-0.3, -0.25) is 13.9 Å². The van der Waals surface area contributed by atoms with E-state index in [0.29, 0.717) is 23.7 Å². The van der Waals surface area contributed by atoms with Gasteiger partial charge < -0.3 is 14.5 Å². The van der Waals surface area contributed by atoms with E-state index < -0.39 is 20.2 Å². The summed E-state index contributed by atoms with van der Waals surface area (Å²) in [6.07, 6.45) is 1.56. The Morgan fingerprint density at radius 1 is 1.36 bits per heavy atom. The van der Waals surface area contributed by atoms with Crippen molar-refractivity contribution < 1.29 is 23.6 Å². The first kappa shape index (κ1) is 15.3. The molecular weight excluding hydrogens is 311 g/mol. The number of rotatable bonds is 4. The Labute approximate surface area is 125 Å². The molecule has 0 bridgehead atoms. The number of nitrogens with zero attached hydrogens (tertiary/aromatic N) is 2. The lowest BCUT2D eigenvalue weighted by Gasteiger charge is -2.16. The molecule has 1 aromatic carbocycles. The SMILES string of the molecule is O=c1c2ccccc2ncn1[C@H]1CC[C@@H](COP(=O)(O)O)O1. The van der Waals surface area contributed by atoms with E-state index in [4.69, 9.17) is 14.5 Å². The lowest BCUT2D eigenvalue weighted by atomic mass is 10.2. The lowest BCUT2D eigenvalue weighted by molar-refractivity contribution is -0.0239. The van der Waals surface area contributed by atoms with Crippen LogP contribution in [-0.2, 0) is 13.8 Å². The average molecular weight is 326 g/mol. The number of hydrogen-bond acceptors (Lipinski definition) is 5. The van der Waals surface area contributed by atoms with E-state index in [1.165, 1.54) is 10.9 Å². The second-order valence-corrected chi connectivity index (χ2v) is 6.29. The number of aromatic nitrogens is 2. The van der Waals surface area contributed by atoms with Crippen LogP contribution in [0.2, 0.25) is 0 Å². The molecule has 2 atom stereocenters. The van der Waals surface area contributed by atoms with Crippen molar-refractivity contribution in [2.75, 3.05) is 6.61 Å². The maximum Gasteiger partial charge on any atom is 0.469 e. The summed E-state index contributed by atoms with van der Waals surface area (Å²) >= 11 is 0. The molecule has 0 unspecified atom stereocenters. The van der Waals surface area contributed by atoms with Gasteiger partial charge in [-0.25, -0.2) is 9.55 Å². The van der Waals surface area contributed by atoms with E-state index in [9.17, 15) is 9.36 Å². The highest BCUT2D eigenvalue weighted by atomic mass is 31.2. The zero-order chi connectivity index (χ0) is 15.7. The third-order valence-corrected chi connectivity index (χ3v) is 4.00. The molecule has 0 spiro atoms. The minimum atomic E-state index is -4.51. The molecular formula is C13H15N2O6P. The van der Waals surface area contributed by atoms with E-state index in [1.807, 2.05) is 0 Å². The smallest absolute Gasteiger partial charge is 0.352 e. The lowest BCUT2D eigenvalue weighted by Crippen LogP contribution is -2.26. The van der Waals surface area contributed by atoms with Crippen molar-refractivity contribution in [3.05, 3.63) is 40.9 Å². The molecule has 1 saturated heterocycles. The van der Waals surface area contributed by atoms with E-state index in [2.05, 4.69) is 9.51 Å². The van der Waals surface area contributed by atoms with E-state index in [-0.39, 0.29) is 12.2 Å². The molecule has 9 heteroatoms. The minimum absolute atomic E-state index is 0.202. The van der Waals surface area contributed by atoms with Gasteiger partial charge in [-0.2, -0.15) is 0 Å². The zero-order valence-corrected chi connectivity index (χ0v) is 12.4. The summed E-state index contributed by atoms with van der Waals surface area (Å²) < 4.78 is 22.2. The fourth-order valence-corrected chi connectivity index (χ4v) is 2.84. The summed E-state index contributed by atoms with van der Waals surface area (Å²) in [5, 5.41) is 0.503. The quantitative estimate of drug-likeness (QED) is 0.812. The summed E-state index contributed by atoms with van der Waals surface area (Å²) in [4.78, 5) is 34.0. The van der Waals surface area contributed by atoms with Crippen molar-refractivity contribution in [1.29, 1.82) is 0 Å². The Hall–Kier alpha value is -1.57. The van der Waals surface area contributed by atoms with Crippen LogP contribution in [0, 0.1) is 0 Å². The molecule has 8 nitrogen and oxygen atoms in total. The summed E-state index contributed by atoms with van der Waals surface area (Å²) in [7, 11) is -4.51. The first-order valence-electron chi connectivity index (χ1n) is 6.75. The monoisotopic (exact) mass is 326 g/mol. The van der Waals surface area contributed by atoms with Crippen LogP contribution in [0.1, 0.15) is 19.1 Å². The molecule has 0 aliphatic carbocycles. The summed E-state index contributed by atoms with van der Waals surface area (Å²) in [6, 6.07) is 7.03. The standard InChI is InChI=1S/C13H15N2O6P/c16-13-10-3-1-2-4-11(10)14-8-15(13)12-6-5-9(21-12)7-20-22(17,18)19/h1-4,8-9,12H,5-7H2,(H2,17,18,19)/t9-,12+/m0/s1. The van der Waals surface area contributed by atoms with E-state index in [0.717, 1.165) is 0 Å². The Morgan fingerprint density at radius 3 is 2.91 bits per heavy atom. The maximum absolute atomic E-state index is 12.4. The largest absolute Gasteiger partial charge is 0.469 e. The number of phosphoric ester groups is 1. The van der Waals surface area contributed by atoms with Crippen LogP contribution in [0.25, 0.3) is 10.9 Å². The third-order valence-electron chi connectivity index (χ3n) is 3.51. The van der Waals surface area contributed by atoms with Gasteiger partial charge in [0.1, 0.15) is 12.6 Å². The molecule has 1 aliphatic rings. The van der Waals surface area contributed by atoms with Crippen molar-refractivity contribution >= 4 is 18.7 Å². The molecule has 118 valence electrons. The van der Waals surface area contributed by atoms with Crippen LogP contribution in [0.15, 0.2) is 35.4 Å². The highest BCUT2D eigenvalue weighted by molar-refractivity contribution is 7.46. The van der Waals surface area contributed by atoms with Crippen molar-refractivity contribution in [2.45, 2.75) is 25.2 Å². The predicted molar refractivity (Wildman–Crippen MR) is 77.1 cm³/mol. The second-order valence-electron chi connectivity index (χ2n) is 5.05. The van der Waals surface area contributed by atoms with Crippen LogP contribution >= 0.6 is 7.82 Å². The van der Waals surface area contributed by atoms with Gasteiger partial charge in [-0.1, -0.05) is 12.1 Å². The normalized spacial score (nSPS) is 22.3. The van der Waals surface area contributed by atoms with Gasteiger partial charge in [-0.05, 0) is 25.0 Å². The maximum atomic E-state index is 12.4. The number of ether oxygens (including phenoxy) is 1. The van der Waals surface area contributed by atoms with Gasteiger partial charge >= 0.3 is 7.82 Å². The van der Waals surface area contributed by atoms with Gasteiger partial charge in [0.15, 0.2) is 0 Å². The van der Waals surface area contributed by atoms with E-state index >= 15 is 0 Å². The third kappa shape index (κ3) is 3.26. The molecule has 2 N–H and O–H groups in total. The van der Waals surface area contributed by atoms with Crippen molar-refractivity contribution in [3.8, 4) is 0 Å². The second kappa shape index (κ2) is 5.91. The van der Waals surface area contributed by atoms with Gasteiger partial charge in [0.05, 0.1) is 23.6 Å². The molecule has 2 heterocycles. The average Bonchev–Trinajstić information content (AvgIpc) is 2.94. The van der Waals surface area contributed by atoms with Crippen LogP contribution in [0.5, 0.6) is 0 Å². The Kier molecular flexibility index (Phi) is 4.12. The fraction of sp³-hybridized carbons (Fsp3) is 0.385. The molecule has 0 saturated carbocycles. The van der Waals surface area contributed by atoms with Crippen molar-refractivity contribution in [2.24, 2.45) is 0 Å². The molecule has 0 amide bonds. The topological polar surface area (TPSA) is 111 Å². The molecule has 1 aliphatic heterocycles. The number of phosphoric acid groups is 1. The molecule has 1 aromatic heterocycles.